The third-order valence-electron chi connectivity index (χ3n) is 5.44. The molecule has 2 unspecified atom stereocenters. The first-order valence-electron chi connectivity index (χ1n) is 9.92. The van der Waals surface area contributed by atoms with Crippen LogP contribution in [0, 0.1) is 5.82 Å². The number of Topliss-reactive ketones (excluding diaryl/α,β-unsaturated/α-hetero) is 1. The van der Waals surface area contributed by atoms with Crippen molar-refractivity contribution in [1.82, 2.24) is 4.98 Å². The van der Waals surface area contributed by atoms with Crippen LogP contribution >= 0.6 is 11.8 Å². The molecule has 0 radical (unpaired) electrons. The average molecular weight is 415 g/mol. The summed E-state index contributed by atoms with van der Waals surface area (Å²) in [6, 6.07) is 6.70. The molecule has 0 N–H and O–H groups in total. The fraction of sp³-hybridized carbons (Fsp3) is 0.409. The Morgan fingerprint density at radius 1 is 1.31 bits per heavy atom. The molecule has 1 aromatic carbocycles. The number of thioether (sulfide) groups is 1. The number of halogens is 1. The fourth-order valence-electron chi connectivity index (χ4n) is 3.63. The number of amides is 1. The molecule has 7 heteroatoms. The van der Waals surface area contributed by atoms with Crippen molar-refractivity contribution in [2.24, 2.45) is 0 Å². The second-order valence-electron chi connectivity index (χ2n) is 7.43. The summed E-state index contributed by atoms with van der Waals surface area (Å²) in [7, 11) is 0. The van der Waals surface area contributed by atoms with Crippen molar-refractivity contribution in [1.29, 1.82) is 0 Å². The first-order chi connectivity index (χ1) is 14.0. The normalized spacial score (nSPS) is 19.6. The Balaban J connectivity index is 1.45. The first-order valence-corrected chi connectivity index (χ1v) is 10.8. The molecule has 1 saturated heterocycles. The number of fused-ring (bicyclic) bond motifs is 1. The number of benzene rings is 1. The summed E-state index contributed by atoms with van der Waals surface area (Å²) in [5, 5.41) is 1.41. The van der Waals surface area contributed by atoms with Crippen molar-refractivity contribution in [3.63, 3.8) is 0 Å². The molecule has 1 fully saturated rings. The number of anilines is 1. The van der Waals surface area contributed by atoms with Crippen LogP contribution in [0.5, 0.6) is 5.75 Å². The summed E-state index contributed by atoms with van der Waals surface area (Å²) < 4.78 is 20.2. The molecule has 5 nitrogen and oxygen atoms in total. The summed E-state index contributed by atoms with van der Waals surface area (Å²) in [6.45, 7) is 4.71. The maximum Gasteiger partial charge on any atom is 0.268 e. The van der Waals surface area contributed by atoms with Gasteiger partial charge in [-0.05, 0) is 42.7 Å². The van der Waals surface area contributed by atoms with Crippen LogP contribution in [-0.4, -0.2) is 34.6 Å². The standard InChI is InChI=1S/C22H23FN2O3S/c1-3-13(2)29-21-7-4-15(12-24-21)28-20-8-9-25(22(20)27)14-10-17-16(18(23)11-14)5-6-19(17)26/h4,7,10-13,20H,3,5-6,8-9H2,1-2H3. The molecule has 0 bridgehead atoms. The van der Waals surface area contributed by atoms with Gasteiger partial charge < -0.3 is 9.64 Å². The van der Waals surface area contributed by atoms with Gasteiger partial charge in [-0.2, -0.15) is 0 Å². The molecule has 0 saturated carbocycles. The minimum absolute atomic E-state index is 0.0679. The summed E-state index contributed by atoms with van der Waals surface area (Å²) in [6.07, 6.45) is 3.30. The summed E-state index contributed by atoms with van der Waals surface area (Å²) in [5.74, 6) is -0.178. The zero-order valence-corrected chi connectivity index (χ0v) is 17.3. The SMILES string of the molecule is CCC(C)Sc1ccc(OC2CCN(c3cc(F)c4c(c3)C(=O)CC4)C2=O)cn1. The third-order valence-corrected chi connectivity index (χ3v) is 6.65. The van der Waals surface area contributed by atoms with Crippen molar-refractivity contribution in [3.05, 3.63) is 47.4 Å². The molecule has 1 aromatic heterocycles. The highest BCUT2D eigenvalue weighted by Gasteiger charge is 2.36. The van der Waals surface area contributed by atoms with E-state index in [1.165, 1.54) is 11.0 Å². The molecular formula is C22H23FN2O3S. The van der Waals surface area contributed by atoms with Crippen LogP contribution in [-0.2, 0) is 11.2 Å². The van der Waals surface area contributed by atoms with Crippen LogP contribution in [0.3, 0.4) is 0 Å². The second-order valence-corrected chi connectivity index (χ2v) is 8.89. The Hall–Kier alpha value is -2.41. The third kappa shape index (κ3) is 4.01. The average Bonchev–Trinajstić information content (AvgIpc) is 3.27. The first kappa shape index (κ1) is 19.9. The number of ether oxygens (including phenoxy) is 1. The summed E-state index contributed by atoms with van der Waals surface area (Å²) in [4.78, 5) is 30.7. The van der Waals surface area contributed by atoms with Crippen molar-refractivity contribution < 1.29 is 18.7 Å². The molecule has 1 amide bonds. The van der Waals surface area contributed by atoms with Gasteiger partial charge in [-0.25, -0.2) is 9.37 Å². The van der Waals surface area contributed by atoms with Crippen LogP contribution in [0.2, 0.25) is 0 Å². The van der Waals surface area contributed by atoms with Gasteiger partial charge in [-0.1, -0.05) is 13.8 Å². The lowest BCUT2D eigenvalue weighted by Crippen LogP contribution is -2.32. The number of carbonyl (C=O) groups is 2. The van der Waals surface area contributed by atoms with E-state index in [9.17, 15) is 14.0 Å². The molecule has 2 aromatic rings. The minimum atomic E-state index is -0.642. The molecule has 2 heterocycles. The Labute approximate surface area is 173 Å². The smallest absolute Gasteiger partial charge is 0.268 e. The van der Waals surface area contributed by atoms with Crippen LogP contribution < -0.4 is 9.64 Å². The van der Waals surface area contributed by atoms with E-state index in [2.05, 4.69) is 18.8 Å². The van der Waals surface area contributed by atoms with E-state index >= 15 is 0 Å². The highest BCUT2D eigenvalue weighted by atomic mass is 32.2. The number of carbonyl (C=O) groups excluding carboxylic acids is 2. The van der Waals surface area contributed by atoms with E-state index < -0.39 is 11.9 Å². The topological polar surface area (TPSA) is 59.5 Å². The van der Waals surface area contributed by atoms with Gasteiger partial charge in [-0.15, -0.1) is 11.8 Å². The minimum Gasteiger partial charge on any atom is -0.479 e. The van der Waals surface area contributed by atoms with Crippen LogP contribution in [0.1, 0.15) is 49.0 Å². The van der Waals surface area contributed by atoms with E-state index in [1.807, 2.05) is 12.1 Å². The predicted molar refractivity (Wildman–Crippen MR) is 110 cm³/mol. The van der Waals surface area contributed by atoms with Gasteiger partial charge in [0.2, 0.25) is 0 Å². The fourth-order valence-corrected chi connectivity index (χ4v) is 4.47. The lowest BCUT2D eigenvalue weighted by Gasteiger charge is -2.18. The maximum absolute atomic E-state index is 14.4. The molecule has 4 rings (SSSR count). The number of nitrogens with zero attached hydrogens (tertiary/aromatic N) is 2. The van der Waals surface area contributed by atoms with Crippen molar-refractivity contribution in [2.75, 3.05) is 11.4 Å². The molecule has 0 spiro atoms. The Kier molecular flexibility index (Phi) is 5.58. The highest BCUT2D eigenvalue weighted by Crippen LogP contribution is 2.32. The predicted octanol–water partition coefficient (Wildman–Crippen LogP) is 4.42. The number of rotatable bonds is 6. The number of aromatic nitrogens is 1. The summed E-state index contributed by atoms with van der Waals surface area (Å²) >= 11 is 1.70. The summed E-state index contributed by atoms with van der Waals surface area (Å²) in [5.41, 5.74) is 1.28. The van der Waals surface area contributed by atoms with Crippen LogP contribution in [0.15, 0.2) is 35.5 Å². The number of hydrogen-bond acceptors (Lipinski definition) is 5. The number of ketones is 1. The molecule has 152 valence electrons. The number of hydrogen-bond donors (Lipinski definition) is 0. The lowest BCUT2D eigenvalue weighted by atomic mass is 10.1. The van der Waals surface area contributed by atoms with Crippen molar-refractivity contribution >= 4 is 29.1 Å². The van der Waals surface area contributed by atoms with Gasteiger partial charge in [0.15, 0.2) is 11.9 Å². The quantitative estimate of drug-likeness (QED) is 0.655. The number of pyridine rings is 1. The maximum atomic E-state index is 14.4. The van der Waals surface area contributed by atoms with Gasteiger partial charge in [-0.3, -0.25) is 9.59 Å². The molecule has 2 aliphatic rings. The van der Waals surface area contributed by atoms with E-state index in [4.69, 9.17) is 4.74 Å². The Morgan fingerprint density at radius 3 is 2.86 bits per heavy atom. The Bertz CT molecular complexity index is 948. The second kappa shape index (κ2) is 8.14. The largest absolute Gasteiger partial charge is 0.479 e. The lowest BCUT2D eigenvalue weighted by molar-refractivity contribution is -0.122. The highest BCUT2D eigenvalue weighted by molar-refractivity contribution is 7.99. The van der Waals surface area contributed by atoms with E-state index in [1.54, 1.807) is 24.0 Å². The van der Waals surface area contributed by atoms with E-state index in [0.717, 1.165) is 11.4 Å². The van der Waals surface area contributed by atoms with Crippen LogP contribution in [0.25, 0.3) is 0 Å². The van der Waals surface area contributed by atoms with Gasteiger partial charge >= 0.3 is 0 Å². The van der Waals surface area contributed by atoms with Crippen LogP contribution in [0.4, 0.5) is 10.1 Å². The van der Waals surface area contributed by atoms with Gasteiger partial charge in [0.05, 0.1) is 11.2 Å². The van der Waals surface area contributed by atoms with Gasteiger partial charge in [0, 0.05) is 35.9 Å². The van der Waals surface area contributed by atoms with Crippen molar-refractivity contribution in [2.45, 2.75) is 55.9 Å². The van der Waals surface area contributed by atoms with Crippen molar-refractivity contribution in [3.8, 4) is 5.75 Å². The van der Waals surface area contributed by atoms with Gasteiger partial charge in [0.25, 0.3) is 5.91 Å². The van der Waals surface area contributed by atoms with E-state index in [0.29, 0.717) is 53.6 Å². The monoisotopic (exact) mass is 414 g/mol. The zero-order chi connectivity index (χ0) is 20.5. The molecule has 29 heavy (non-hydrogen) atoms. The zero-order valence-electron chi connectivity index (χ0n) is 16.5. The molecule has 2 atom stereocenters. The molecule has 1 aliphatic heterocycles. The van der Waals surface area contributed by atoms with E-state index in [-0.39, 0.29) is 11.7 Å². The molecule has 1 aliphatic carbocycles. The Morgan fingerprint density at radius 2 is 2.14 bits per heavy atom. The van der Waals surface area contributed by atoms with Gasteiger partial charge in [0.1, 0.15) is 11.6 Å². The molecular weight excluding hydrogens is 391 g/mol.